The monoisotopic (exact) mass is 311 g/mol. The third-order valence-electron chi connectivity index (χ3n) is 3.21. The van der Waals surface area contributed by atoms with Gasteiger partial charge in [0, 0.05) is 16.6 Å². The largest absolute Gasteiger partial charge is 0.416 e. The van der Waals surface area contributed by atoms with Crippen molar-refractivity contribution in [1.82, 2.24) is 0 Å². The van der Waals surface area contributed by atoms with Crippen LogP contribution in [0.4, 0.5) is 18.9 Å². The van der Waals surface area contributed by atoms with Crippen LogP contribution in [0.3, 0.4) is 0 Å². The summed E-state index contributed by atoms with van der Waals surface area (Å²) in [7, 11) is 0. The van der Waals surface area contributed by atoms with E-state index in [1.807, 2.05) is 37.4 Å². The molecule has 5 heteroatoms. The Balaban J connectivity index is 2.07. The molecule has 1 nitrogen and oxygen atoms in total. The predicted octanol–water partition coefficient (Wildman–Crippen LogP) is 5.60. The van der Waals surface area contributed by atoms with Gasteiger partial charge >= 0.3 is 6.18 Å². The lowest BCUT2D eigenvalue weighted by Gasteiger charge is -2.17. The Kier molecular flexibility index (Phi) is 4.83. The molecule has 0 spiro atoms. The lowest BCUT2D eigenvalue weighted by molar-refractivity contribution is -0.137. The quantitative estimate of drug-likeness (QED) is 0.738. The average molecular weight is 311 g/mol. The highest BCUT2D eigenvalue weighted by molar-refractivity contribution is 7.98. The summed E-state index contributed by atoms with van der Waals surface area (Å²) in [5, 5.41) is 3.28. The number of thioether (sulfide) groups is 1. The molecule has 0 saturated heterocycles. The van der Waals surface area contributed by atoms with E-state index >= 15 is 0 Å². The van der Waals surface area contributed by atoms with E-state index in [2.05, 4.69) is 5.32 Å². The minimum Gasteiger partial charge on any atom is -0.379 e. The van der Waals surface area contributed by atoms with Crippen LogP contribution in [0.15, 0.2) is 53.4 Å². The average Bonchev–Trinajstić information content (AvgIpc) is 2.47. The Bertz CT molecular complexity index is 576. The van der Waals surface area contributed by atoms with Gasteiger partial charge in [-0.2, -0.15) is 13.2 Å². The first kappa shape index (κ1) is 15.8. The van der Waals surface area contributed by atoms with Crippen molar-refractivity contribution in [3.63, 3.8) is 0 Å². The molecule has 0 radical (unpaired) electrons. The number of hydrogen-bond acceptors (Lipinski definition) is 2. The number of nitrogens with one attached hydrogen (secondary N) is 1. The van der Waals surface area contributed by atoms with E-state index in [1.54, 1.807) is 11.8 Å². The molecule has 0 aliphatic heterocycles. The minimum absolute atomic E-state index is 0.0626. The lowest BCUT2D eigenvalue weighted by atomic mass is 10.1. The molecule has 1 N–H and O–H groups in total. The molecule has 2 rings (SSSR count). The van der Waals surface area contributed by atoms with Crippen LogP contribution in [0.2, 0.25) is 0 Å². The molecule has 112 valence electrons. The summed E-state index contributed by atoms with van der Waals surface area (Å²) in [5.74, 6) is 0. The molecule has 0 fully saturated rings. The van der Waals surface area contributed by atoms with Gasteiger partial charge in [0.25, 0.3) is 0 Å². The number of anilines is 1. The molecule has 21 heavy (non-hydrogen) atoms. The van der Waals surface area contributed by atoms with Gasteiger partial charge in [0.2, 0.25) is 0 Å². The fourth-order valence-corrected chi connectivity index (χ4v) is 2.39. The van der Waals surface area contributed by atoms with Gasteiger partial charge in [0.1, 0.15) is 0 Å². The second-order valence-corrected chi connectivity index (χ2v) is 5.59. The summed E-state index contributed by atoms with van der Waals surface area (Å²) < 4.78 is 37.6. The summed E-state index contributed by atoms with van der Waals surface area (Å²) >= 11 is 1.66. The van der Waals surface area contributed by atoms with Gasteiger partial charge in [-0.15, -0.1) is 11.8 Å². The van der Waals surface area contributed by atoms with Gasteiger partial charge in [-0.1, -0.05) is 12.1 Å². The van der Waals surface area contributed by atoms with Crippen LogP contribution in [-0.4, -0.2) is 6.26 Å². The van der Waals surface area contributed by atoms with E-state index in [0.29, 0.717) is 0 Å². The van der Waals surface area contributed by atoms with Gasteiger partial charge in [0.05, 0.1) is 5.56 Å². The van der Waals surface area contributed by atoms with Gasteiger partial charge in [0.15, 0.2) is 0 Å². The first-order valence-electron chi connectivity index (χ1n) is 6.48. The highest BCUT2D eigenvalue weighted by atomic mass is 32.2. The van der Waals surface area contributed by atoms with Crippen LogP contribution in [0.1, 0.15) is 24.1 Å². The van der Waals surface area contributed by atoms with E-state index in [4.69, 9.17) is 0 Å². The van der Waals surface area contributed by atoms with Crippen molar-refractivity contribution in [1.29, 1.82) is 0 Å². The zero-order valence-electron chi connectivity index (χ0n) is 11.7. The molecule has 2 aromatic carbocycles. The zero-order valence-corrected chi connectivity index (χ0v) is 12.6. The molecule has 0 aliphatic carbocycles. The van der Waals surface area contributed by atoms with Crippen molar-refractivity contribution in [2.45, 2.75) is 24.0 Å². The van der Waals surface area contributed by atoms with Crippen molar-refractivity contribution in [2.75, 3.05) is 11.6 Å². The number of hydrogen-bond donors (Lipinski definition) is 1. The molecular weight excluding hydrogens is 295 g/mol. The maximum absolute atomic E-state index is 12.5. The maximum Gasteiger partial charge on any atom is 0.416 e. The fraction of sp³-hybridized carbons (Fsp3) is 0.250. The summed E-state index contributed by atoms with van der Waals surface area (Å²) in [6.45, 7) is 1.92. The molecule has 0 aromatic heterocycles. The van der Waals surface area contributed by atoms with Gasteiger partial charge in [-0.05, 0) is 55.1 Å². The lowest BCUT2D eigenvalue weighted by Crippen LogP contribution is -2.08. The molecule has 0 amide bonds. The van der Waals surface area contributed by atoms with Crippen LogP contribution in [-0.2, 0) is 6.18 Å². The van der Waals surface area contributed by atoms with Crippen molar-refractivity contribution in [3.05, 3.63) is 59.7 Å². The van der Waals surface area contributed by atoms with Crippen LogP contribution in [0.5, 0.6) is 0 Å². The molecule has 1 unspecified atom stereocenters. The SMILES string of the molecule is CSc1ccc(NC(C)c2ccc(C(F)(F)F)cc2)cc1. The van der Waals surface area contributed by atoms with Crippen molar-refractivity contribution < 1.29 is 13.2 Å². The third-order valence-corrected chi connectivity index (χ3v) is 3.95. The predicted molar refractivity (Wildman–Crippen MR) is 81.7 cm³/mol. The molecule has 2 aromatic rings. The maximum atomic E-state index is 12.5. The smallest absolute Gasteiger partial charge is 0.379 e. The van der Waals surface area contributed by atoms with E-state index < -0.39 is 11.7 Å². The molecule has 0 aliphatic rings. The Labute approximate surface area is 126 Å². The van der Waals surface area contributed by atoms with Crippen LogP contribution in [0.25, 0.3) is 0 Å². The Morgan fingerprint density at radius 3 is 2.00 bits per heavy atom. The topological polar surface area (TPSA) is 12.0 Å². The molecule has 1 atom stereocenters. The second-order valence-electron chi connectivity index (χ2n) is 4.71. The van der Waals surface area contributed by atoms with Crippen molar-refractivity contribution in [3.8, 4) is 0 Å². The van der Waals surface area contributed by atoms with Gasteiger partial charge < -0.3 is 5.32 Å². The molecule has 0 heterocycles. The summed E-state index contributed by atoms with van der Waals surface area (Å²) in [5.41, 5.74) is 1.14. The van der Waals surface area contributed by atoms with Crippen molar-refractivity contribution >= 4 is 17.4 Å². The zero-order chi connectivity index (χ0) is 15.5. The second kappa shape index (κ2) is 6.43. The third kappa shape index (κ3) is 4.17. The molecular formula is C16H16F3NS. The summed E-state index contributed by atoms with van der Waals surface area (Å²) in [4.78, 5) is 1.17. The number of alkyl halides is 3. The van der Waals surface area contributed by atoms with E-state index in [-0.39, 0.29) is 6.04 Å². The van der Waals surface area contributed by atoms with Crippen LogP contribution < -0.4 is 5.32 Å². The summed E-state index contributed by atoms with van der Waals surface area (Å²) in [6, 6.07) is 13.1. The number of benzene rings is 2. The van der Waals surface area contributed by atoms with Gasteiger partial charge in [-0.3, -0.25) is 0 Å². The van der Waals surface area contributed by atoms with Crippen molar-refractivity contribution in [2.24, 2.45) is 0 Å². The molecule has 0 saturated carbocycles. The standard InChI is InChI=1S/C16H16F3NS/c1-11(20-14-7-9-15(21-2)10-8-14)12-3-5-13(6-4-12)16(17,18)19/h3-11,20H,1-2H3. The van der Waals surface area contributed by atoms with E-state index in [9.17, 15) is 13.2 Å². The molecule has 0 bridgehead atoms. The fourth-order valence-electron chi connectivity index (χ4n) is 1.98. The van der Waals surface area contributed by atoms with Crippen LogP contribution >= 0.6 is 11.8 Å². The van der Waals surface area contributed by atoms with Crippen LogP contribution in [0, 0.1) is 0 Å². The Morgan fingerprint density at radius 1 is 0.952 bits per heavy atom. The van der Waals surface area contributed by atoms with E-state index in [1.165, 1.54) is 17.0 Å². The Morgan fingerprint density at radius 2 is 1.52 bits per heavy atom. The highest BCUT2D eigenvalue weighted by Crippen LogP contribution is 2.30. The minimum atomic E-state index is -4.29. The first-order chi connectivity index (χ1) is 9.90. The summed E-state index contributed by atoms with van der Waals surface area (Å²) in [6.07, 6.45) is -2.28. The Hall–Kier alpha value is -1.62. The highest BCUT2D eigenvalue weighted by Gasteiger charge is 2.30. The number of rotatable bonds is 4. The first-order valence-corrected chi connectivity index (χ1v) is 7.70. The normalized spacial score (nSPS) is 13.0. The van der Waals surface area contributed by atoms with E-state index in [0.717, 1.165) is 23.4 Å². The number of halogens is 3. The van der Waals surface area contributed by atoms with Gasteiger partial charge in [-0.25, -0.2) is 0 Å².